The Morgan fingerprint density at radius 3 is 2.56 bits per heavy atom. The molecule has 0 radical (unpaired) electrons. The van der Waals surface area contributed by atoms with Crippen LogP contribution >= 0.6 is 0 Å². The average molecular weight is 233 g/mol. The molecular formula is C7H5F2N3O4. The zero-order valence-corrected chi connectivity index (χ0v) is 7.55. The molecule has 0 spiro atoms. The van der Waals surface area contributed by atoms with Crippen molar-refractivity contribution in [1.29, 1.82) is 0 Å². The van der Waals surface area contributed by atoms with Crippen molar-refractivity contribution in [2.75, 3.05) is 0 Å². The molecule has 0 aliphatic carbocycles. The average Bonchev–Trinajstić information content (AvgIpc) is 2.16. The smallest absolute Gasteiger partial charge is 0.407 e. The van der Waals surface area contributed by atoms with E-state index >= 15 is 0 Å². The molecule has 0 aliphatic rings. The fourth-order valence-corrected chi connectivity index (χ4v) is 0.964. The highest BCUT2D eigenvalue weighted by molar-refractivity contribution is 5.91. The van der Waals surface area contributed by atoms with Gasteiger partial charge in [-0.05, 0) is 9.91 Å². The summed E-state index contributed by atoms with van der Waals surface area (Å²) in [6.45, 7) is 0. The van der Waals surface area contributed by atoms with Crippen molar-refractivity contribution in [2.24, 2.45) is 5.73 Å². The third kappa shape index (κ3) is 2.02. The molecule has 0 aromatic carbocycles. The summed E-state index contributed by atoms with van der Waals surface area (Å²) in [5.41, 5.74) is 2.98. The van der Waals surface area contributed by atoms with Crippen LogP contribution in [0, 0.1) is 10.1 Å². The minimum Gasteiger partial charge on any atom is -0.501 e. The van der Waals surface area contributed by atoms with Crippen LogP contribution in [0.1, 0.15) is 22.5 Å². The molecule has 9 heteroatoms. The van der Waals surface area contributed by atoms with E-state index in [1.807, 2.05) is 0 Å². The third-order valence-electron chi connectivity index (χ3n) is 1.66. The van der Waals surface area contributed by atoms with E-state index in [-0.39, 0.29) is 0 Å². The van der Waals surface area contributed by atoms with Crippen LogP contribution in [-0.2, 0) is 0 Å². The second kappa shape index (κ2) is 4.04. The number of primary amides is 1. The summed E-state index contributed by atoms with van der Waals surface area (Å²) < 4.78 is 24.7. The fourth-order valence-electron chi connectivity index (χ4n) is 0.964. The molecule has 0 bridgehead atoms. The molecule has 0 fully saturated rings. The number of amides is 1. The molecule has 0 aliphatic heterocycles. The van der Waals surface area contributed by atoms with E-state index in [4.69, 9.17) is 10.8 Å². The van der Waals surface area contributed by atoms with Crippen LogP contribution in [-0.4, -0.2) is 20.9 Å². The fraction of sp³-hybridized carbons (Fsp3) is 0.143. The largest absolute Gasteiger partial charge is 0.501 e. The Morgan fingerprint density at radius 1 is 1.62 bits per heavy atom. The highest BCUT2D eigenvalue weighted by atomic mass is 19.3. The van der Waals surface area contributed by atoms with Crippen molar-refractivity contribution in [3.05, 3.63) is 27.4 Å². The number of nitrogens with two attached hydrogens (primary N) is 1. The van der Waals surface area contributed by atoms with Gasteiger partial charge in [-0.2, -0.15) is 0 Å². The predicted molar refractivity (Wildman–Crippen MR) is 46.0 cm³/mol. The van der Waals surface area contributed by atoms with E-state index in [9.17, 15) is 23.7 Å². The SMILES string of the molecule is NC(=O)c1cc(C(F)F)c(O)c([N+](=O)[O-])n1. The molecule has 3 N–H and O–H groups in total. The van der Waals surface area contributed by atoms with Gasteiger partial charge in [0.25, 0.3) is 12.3 Å². The van der Waals surface area contributed by atoms with E-state index in [1.165, 1.54) is 0 Å². The van der Waals surface area contributed by atoms with Gasteiger partial charge in [-0.3, -0.25) is 4.79 Å². The van der Waals surface area contributed by atoms with Gasteiger partial charge in [-0.25, -0.2) is 8.78 Å². The van der Waals surface area contributed by atoms with Crippen molar-refractivity contribution >= 4 is 11.7 Å². The molecule has 1 aromatic heterocycles. The lowest BCUT2D eigenvalue weighted by atomic mass is 10.2. The normalized spacial score (nSPS) is 10.4. The summed E-state index contributed by atoms with van der Waals surface area (Å²) in [6.07, 6.45) is -3.18. The van der Waals surface area contributed by atoms with Crippen LogP contribution in [0.4, 0.5) is 14.6 Å². The van der Waals surface area contributed by atoms with Crippen molar-refractivity contribution in [3.63, 3.8) is 0 Å². The molecule has 1 aromatic rings. The number of halogens is 2. The van der Waals surface area contributed by atoms with Gasteiger partial charge in [0.05, 0.1) is 5.56 Å². The Kier molecular flexibility index (Phi) is 2.97. The van der Waals surface area contributed by atoms with Crippen molar-refractivity contribution in [1.82, 2.24) is 4.98 Å². The number of carbonyl (C=O) groups is 1. The molecule has 1 rings (SSSR count). The summed E-state index contributed by atoms with van der Waals surface area (Å²) in [4.78, 5) is 22.9. The van der Waals surface area contributed by atoms with Gasteiger partial charge in [0.1, 0.15) is 0 Å². The zero-order chi connectivity index (χ0) is 12.5. The Balaban J connectivity index is 3.51. The molecule has 1 amide bonds. The molecule has 1 heterocycles. The van der Waals surface area contributed by atoms with Gasteiger partial charge in [0.15, 0.2) is 0 Å². The number of aromatic hydroxyl groups is 1. The van der Waals surface area contributed by atoms with Crippen LogP contribution in [0.5, 0.6) is 5.75 Å². The maximum Gasteiger partial charge on any atom is 0.407 e. The lowest BCUT2D eigenvalue weighted by molar-refractivity contribution is -0.390. The number of carbonyl (C=O) groups excluding carboxylic acids is 1. The standard InChI is InChI=1S/C7H5F2N3O4/c8-5(9)2-1-3(6(10)14)11-7(4(2)13)12(15)16/h1,5,13H,(H2,10,14). The Bertz CT molecular complexity index is 463. The van der Waals surface area contributed by atoms with Crippen LogP contribution in [0.25, 0.3) is 0 Å². The van der Waals surface area contributed by atoms with Gasteiger partial charge < -0.3 is 21.0 Å². The number of rotatable bonds is 3. The quantitative estimate of drug-likeness (QED) is 0.589. The van der Waals surface area contributed by atoms with Crippen molar-refractivity contribution in [3.8, 4) is 5.75 Å². The topological polar surface area (TPSA) is 119 Å². The first-order chi connectivity index (χ1) is 7.34. The summed E-state index contributed by atoms with van der Waals surface area (Å²) >= 11 is 0. The Morgan fingerprint density at radius 2 is 2.19 bits per heavy atom. The second-order valence-electron chi connectivity index (χ2n) is 2.69. The number of aromatic nitrogens is 1. The first-order valence-corrected chi connectivity index (χ1v) is 3.80. The van der Waals surface area contributed by atoms with Gasteiger partial charge >= 0.3 is 5.82 Å². The van der Waals surface area contributed by atoms with Crippen LogP contribution in [0.3, 0.4) is 0 Å². The van der Waals surface area contributed by atoms with E-state index in [1.54, 1.807) is 0 Å². The summed E-state index contributed by atoms with van der Waals surface area (Å²) in [7, 11) is 0. The van der Waals surface area contributed by atoms with Crippen molar-refractivity contribution < 1.29 is 23.6 Å². The van der Waals surface area contributed by atoms with Crippen LogP contribution < -0.4 is 5.73 Å². The number of hydrogen-bond acceptors (Lipinski definition) is 5. The highest BCUT2D eigenvalue weighted by Crippen LogP contribution is 2.34. The van der Waals surface area contributed by atoms with Crippen LogP contribution in [0.2, 0.25) is 0 Å². The number of nitrogens with zero attached hydrogens (tertiary/aromatic N) is 2. The van der Waals surface area contributed by atoms with E-state index in [0.717, 1.165) is 0 Å². The molecule has 0 atom stereocenters. The lowest BCUT2D eigenvalue weighted by Gasteiger charge is -2.03. The highest BCUT2D eigenvalue weighted by Gasteiger charge is 2.28. The zero-order valence-electron chi connectivity index (χ0n) is 7.55. The van der Waals surface area contributed by atoms with Crippen LogP contribution in [0.15, 0.2) is 6.07 Å². The first kappa shape index (κ1) is 11.8. The van der Waals surface area contributed by atoms with E-state index in [0.29, 0.717) is 6.07 Å². The summed E-state index contributed by atoms with van der Waals surface area (Å²) in [5, 5.41) is 19.5. The molecule has 0 saturated heterocycles. The third-order valence-corrected chi connectivity index (χ3v) is 1.66. The monoisotopic (exact) mass is 233 g/mol. The first-order valence-electron chi connectivity index (χ1n) is 3.80. The number of nitro groups is 1. The number of hydrogen-bond donors (Lipinski definition) is 2. The maximum absolute atomic E-state index is 12.4. The molecule has 0 unspecified atom stereocenters. The van der Waals surface area contributed by atoms with Crippen molar-refractivity contribution in [2.45, 2.75) is 6.43 Å². The number of pyridine rings is 1. The van der Waals surface area contributed by atoms with E-state index < -0.39 is 40.1 Å². The Hall–Kier alpha value is -2.32. The van der Waals surface area contributed by atoms with Gasteiger partial charge in [-0.1, -0.05) is 0 Å². The minimum atomic E-state index is -3.18. The Labute approximate surface area is 86.7 Å². The van der Waals surface area contributed by atoms with Gasteiger partial charge in [0, 0.05) is 6.07 Å². The molecule has 16 heavy (non-hydrogen) atoms. The maximum atomic E-state index is 12.4. The summed E-state index contributed by atoms with van der Waals surface area (Å²) in [5.74, 6) is -3.71. The predicted octanol–water partition coefficient (Wildman–Crippen LogP) is 0.732. The molecular weight excluding hydrogens is 228 g/mol. The van der Waals surface area contributed by atoms with E-state index in [2.05, 4.69) is 4.98 Å². The summed E-state index contributed by atoms with van der Waals surface area (Å²) in [6, 6.07) is 0.509. The molecule has 86 valence electrons. The lowest BCUT2D eigenvalue weighted by Crippen LogP contribution is -2.14. The minimum absolute atomic E-state index is 0.509. The number of alkyl halides is 2. The van der Waals surface area contributed by atoms with Gasteiger partial charge in [-0.15, -0.1) is 0 Å². The molecule has 0 saturated carbocycles. The van der Waals surface area contributed by atoms with Gasteiger partial charge in [0.2, 0.25) is 11.4 Å². The molecule has 7 nitrogen and oxygen atoms in total. The second-order valence-corrected chi connectivity index (χ2v) is 2.69.